The van der Waals surface area contributed by atoms with Gasteiger partial charge in [0, 0.05) is 61.6 Å². The highest BCUT2D eigenvalue weighted by molar-refractivity contribution is 9.10. The standard InChI is InChI=1S/C29H29BrN4O3/c1-32(2)22-12-10-19(11-13-22)15-25(31-28(36)23-6-3-4-7-24(23)30)29(37)33-16-20-14-21(18-33)26-8-5-9-27(35)34(26)17-20/h3-13,15,20-21H,14,16-18H2,1-2H3,(H,31,36)/b25-15-/t20-,21-/m0/s1. The van der Waals surface area contributed by atoms with E-state index in [1.807, 2.05) is 64.9 Å². The highest BCUT2D eigenvalue weighted by Gasteiger charge is 2.37. The molecule has 0 radical (unpaired) electrons. The minimum absolute atomic E-state index is 0.00874. The van der Waals surface area contributed by atoms with Gasteiger partial charge in [0.25, 0.3) is 17.4 Å². The van der Waals surface area contributed by atoms with E-state index in [0.29, 0.717) is 29.7 Å². The zero-order valence-electron chi connectivity index (χ0n) is 20.9. The van der Waals surface area contributed by atoms with E-state index in [4.69, 9.17) is 0 Å². The fourth-order valence-corrected chi connectivity index (χ4v) is 5.72. The van der Waals surface area contributed by atoms with E-state index in [1.54, 1.807) is 36.4 Å². The van der Waals surface area contributed by atoms with Gasteiger partial charge in [0.15, 0.2) is 0 Å². The van der Waals surface area contributed by atoms with Gasteiger partial charge in [0.2, 0.25) is 0 Å². The number of piperidine rings is 1. The maximum Gasteiger partial charge on any atom is 0.270 e. The number of carbonyl (C=O) groups excluding carboxylic acids is 2. The van der Waals surface area contributed by atoms with Crippen LogP contribution < -0.4 is 15.8 Å². The van der Waals surface area contributed by atoms with E-state index >= 15 is 0 Å². The van der Waals surface area contributed by atoms with Crippen molar-refractivity contribution in [2.45, 2.75) is 18.9 Å². The van der Waals surface area contributed by atoms with Gasteiger partial charge in [0.05, 0.1) is 5.56 Å². The van der Waals surface area contributed by atoms with Crippen LogP contribution in [0.15, 0.2) is 81.7 Å². The highest BCUT2D eigenvalue weighted by atomic mass is 79.9. The lowest BCUT2D eigenvalue weighted by atomic mass is 9.83. The second-order valence-corrected chi connectivity index (χ2v) is 10.7. The number of pyridine rings is 1. The third-order valence-electron chi connectivity index (χ3n) is 7.08. The minimum Gasteiger partial charge on any atom is -0.378 e. The number of likely N-dealkylation sites (tertiary alicyclic amines) is 1. The van der Waals surface area contributed by atoms with Gasteiger partial charge in [-0.25, -0.2) is 0 Å². The van der Waals surface area contributed by atoms with E-state index in [9.17, 15) is 14.4 Å². The second-order valence-electron chi connectivity index (χ2n) is 9.89. The maximum atomic E-state index is 13.9. The summed E-state index contributed by atoms with van der Waals surface area (Å²) in [4.78, 5) is 43.3. The Hall–Kier alpha value is -3.65. The molecule has 1 fully saturated rings. The molecule has 2 aliphatic rings. The summed E-state index contributed by atoms with van der Waals surface area (Å²) in [7, 11) is 3.94. The number of anilines is 1. The number of aromatic nitrogens is 1. The summed E-state index contributed by atoms with van der Waals surface area (Å²) in [6.45, 7) is 1.64. The van der Waals surface area contributed by atoms with Crippen molar-refractivity contribution in [3.63, 3.8) is 0 Å². The monoisotopic (exact) mass is 560 g/mol. The van der Waals surface area contributed by atoms with Crippen LogP contribution in [0.1, 0.15) is 34.0 Å². The summed E-state index contributed by atoms with van der Waals surface area (Å²) in [6.07, 6.45) is 2.68. The van der Waals surface area contributed by atoms with Gasteiger partial charge < -0.3 is 19.7 Å². The summed E-state index contributed by atoms with van der Waals surface area (Å²) in [5.41, 5.74) is 3.52. The molecule has 1 aromatic heterocycles. The first kappa shape index (κ1) is 25.0. The third kappa shape index (κ3) is 5.25. The van der Waals surface area contributed by atoms with Crippen LogP contribution in [0.25, 0.3) is 6.08 Å². The fraction of sp³-hybridized carbons (Fsp3) is 0.276. The summed E-state index contributed by atoms with van der Waals surface area (Å²) >= 11 is 3.43. The van der Waals surface area contributed by atoms with Gasteiger partial charge in [-0.2, -0.15) is 0 Å². The average molecular weight is 561 g/mol. The number of amides is 2. The van der Waals surface area contributed by atoms with E-state index in [0.717, 1.165) is 23.4 Å². The Kier molecular flexibility index (Phi) is 7.02. The van der Waals surface area contributed by atoms with Crippen molar-refractivity contribution < 1.29 is 9.59 Å². The number of carbonyl (C=O) groups is 2. The van der Waals surface area contributed by atoms with Crippen molar-refractivity contribution >= 4 is 39.5 Å². The average Bonchev–Trinajstić information content (AvgIpc) is 2.89. The van der Waals surface area contributed by atoms with Crippen LogP contribution in [0.4, 0.5) is 5.69 Å². The molecule has 2 bridgehead atoms. The van der Waals surface area contributed by atoms with E-state index in [1.165, 1.54) is 0 Å². The van der Waals surface area contributed by atoms with Crippen LogP contribution >= 0.6 is 15.9 Å². The first-order valence-electron chi connectivity index (χ1n) is 12.3. The largest absolute Gasteiger partial charge is 0.378 e. The highest BCUT2D eigenvalue weighted by Crippen LogP contribution is 2.35. The quantitative estimate of drug-likeness (QED) is 0.477. The molecule has 1 saturated heterocycles. The number of rotatable bonds is 5. The number of fused-ring (bicyclic) bond motifs is 4. The molecule has 2 aliphatic heterocycles. The van der Waals surface area contributed by atoms with Gasteiger partial charge in [-0.15, -0.1) is 0 Å². The summed E-state index contributed by atoms with van der Waals surface area (Å²) in [5.74, 6) is -0.301. The van der Waals surface area contributed by atoms with Crippen molar-refractivity contribution in [2.24, 2.45) is 5.92 Å². The van der Waals surface area contributed by atoms with Crippen LogP contribution in [-0.2, 0) is 11.3 Å². The first-order chi connectivity index (χ1) is 17.8. The van der Waals surface area contributed by atoms with Gasteiger partial charge >= 0.3 is 0 Å². The molecule has 5 rings (SSSR count). The number of nitrogens with zero attached hydrogens (tertiary/aromatic N) is 3. The molecule has 2 amide bonds. The number of benzene rings is 2. The smallest absolute Gasteiger partial charge is 0.270 e. The predicted molar refractivity (Wildman–Crippen MR) is 148 cm³/mol. The topological polar surface area (TPSA) is 74.7 Å². The van der Waals surface area contributed by atoms with Crippen LogP contribution in [0.5, 0.6) is 0 Å². The summed E-state index contributed by atoms with van der Waals surface area (Å²) < 4.78 is 2.50. The minimum atomic E-state index is -0.355. The predicted octanol–water partition coefficient (Wildman–Crippen LogP) is 4.09. The van der Waals surface area contributed by atoms with Crippen LogP contribution in [0, 0.1) is 5.92 Å². The fourth-order valence-electron chi connectivity index (χ4n) is 5.25. The summed E-state index contributed by atoms with van der Waals surface area (Å²) in [5, 5.41) is 2.89. The molecular formula is C29H29BrN4O3. The Morgan fingerprint density at radius 2 is 1.73 bits per heavy atom. The zero-order chi connectivity index (χ0) is 26.1. The molecule has 37 heavy (non-hydrogen) atoms. The molecule has 0 unspecified atom stereocenters. The van der Waals surface area contributed by atoms with Crippen LogP contribution in [-0.4, -0.2) is 48.5 Å². The van der Waals surface area contributed by atoms with E-state index in [-0.39, 0.29) is 34.9 Å². The van der Waals surface area contributed by atoms with E-state index in [2.05, 4.69) is 21.2 Å². The molecule has 2 aromatic carbocycles. The van der Waals surface area contributed by atoms with E-state index < -0.39 is 0 Å². The Balaban J connectivity index is 1.45. The molecule has 190 valence electrons. The normalized spacial score (nSPS) is 18.7. The van der Waals surface area contributed by atoms with Crippen LogP contribution in [0.3, 0.4) is 0 Å². The Morgan fingerprint density at radius 3 is 2.46 bits per heavy atom. The molecule has 0 aliphatic carbocycles. The lowest BCUT2D eigenvalue weighted by Gasteiger charge is -2.43. The van der Waals surface area contributed by atoms with Crippen LogP contribution in [0.2, 0.25) is 0 Å². The number of halogens is 1. The Bertz CT molecular complexity index is 1430. The SMILES string of the molecule is CN(C)c1ccc(/C=C(\NC(=O)c2ccccc2Br)C(=O)N2C[C@@H]3C[C@@H](C2)c2cccc(=O)n2C3)cc1. The Labute approximate surface area is 224 Å². The van der Waals surface area contributed by atoms with Crippen molar-refractivity contribution in [3.8, 4) is 0 Å². The molecular weight excluding hydrogens is 532 g/mol. The van der Waals surface area contributed by atoms with Crippen molar-refractivity contribution in [1.29, 1.82) is 0 Å². The second kappa shape index (κ2) is 10.4. The van der Waals surface area contributed by atoms with Gasteiger partial charge in [0.1, 0.15) is 5.70 Å². The van der Waals surface area contributed by atoms with Crippen molar-refractivity contribution in [2.75, 3.05) is 32.1 Å². The van der Waals surface area contributed by atoms with Gasteiger partial charge in [-0.1, -0.05) is 30.3 Å². The zero-order valence-corrected chi connectivity index (χ0v) is 22.4. The molecule has 3 heterocycles. The molecule has 1 N–H and O–H groups in total. The lowest BCUT2D eigenvalue weighted by molar-refractivity contribution is -0.130. The third-order valence-corrected chi connectivity index (χ3v) is 7.78. The van der Waals surface area contributed by atoms with Crippen molar-refractivity contribution in [3.05, 3.63) is 104 Å². The molecule has 0 saturated carbocycles. The molecule has 8 heteroatoms. The molecule has 0 spiro atoms. The number of hydrogen-bond donors (Lipinski definition) is 1. The summed E-state index contributed by atoms with van der Waals surface area (Å²) in [6, 6.07) is 20.3. The molecule has 7 nitrogen and oxygen atoms in total. The molecule has 2 atom stereocenters. The maximum absolute atomic E-state index is 13.9. The first-order valence-corrected chi connectivity index (χ1v) is 13.1. The lowest BCUT2D eigenvalue weighted by Crippen LogP contribution is -2.50. The molecule has 3 aromatic rings. The van der Waals surface area contributed by atoms with Crippen molar-refractivity contribution in [1.82, 2.24) is 14.8 Å². The number of hydrogen-bond acceptors (Lipinski definition) is 4. The number of nitrogens with one attached hydrogen (secondary N) is 1. The Morgan fingerprint density at radius 1 is 0.973 bits per heavy atom. The van der Waals surface area contributed by atoms with Gasteiger partial charge in [-0.3, -0.25) is 14.4 Å². The van der Waals surface area contributed by atoms with Gasteiger partial charge in [-0.05, 0) is 70.2 Å².